The van der Waals surface area contributed by atoms with Gasteiger partial charge in [-0.25, -0.2) is 0 Å². The van der Waals surface area contributed by atoms with Gasteiger partial charge in [0, 0.05) is 19.4 Å². The summed E-state index contributed by atoms with van der Waals surface area (Å²) in [5.74, 6) is 2.95. The monoisotopic (exact) mass is 333 g/mol. The van der Waals surface area contributed by atoms with Gasteiger partial charge in [-0.15, -0.1) is 0 Å². The first-order valence-electron chi connectivity index (χ1n) is 9.75. The number of likely N-dealkylation sites (tertiary alicyclic amines) is 1. The zero-order chi connectivity index (χ0) is 16.9. The summed E-state index contributed by atoms with van der Waals surface area (Å²) in [6.45, 7) is 5.13. The van der Waals surface area contributed by atoms with E-state index in [2.05, 4.69) is 24.0 Å². The third kappa shape index (κ3) is 4.37. The van der Waals surface area contributed by atoms with Crippen molar-refractivity contribution in [3.63, 3.8) is 0 Å². The first kappa shape index (κ1) is 17.4. The molecular formula is C19H31N3O2. The second-order valence-corrected chi connectivity index (χ2v) is 7.93. The molecule has 0 unspecified atom stereocenters. The summed E-state index contributed by atoms with van der Waals surface area (Å²) in [6.07, 6.45) is 11.0. The van der Waals surface area contributed by atoms with E-state index in [-0.39, 0.29) is 11.9 Å². The average molecular weight is 333 g/mol. The molecule has 2 aliphatic rings. The number of hydrogen-bond acceptors (Lipinski definition) is 4. The number of rotatable bonds is 6. The van der Waals surface area contributed by atoms with Gasteiger partial charge >= 0.3 is 0 Å². The van der Waals surface area contributed by atoms with E-state index in [1.807, 2.05) is 4.90 Å². The van der Waals surface area contributed by atoms with Crippen LogP contribution in [0.5, 0.6) is 0 Å². The number of amides is 1. The number of piperidine rings is 1. The molecule has 1 saturated heterocycles. The van der Waals surface area contributed by atoms with Crippen LogP contribution in [0.15, 0.2) is 4.52 Å². The Bertz CT molecular complexity index is 534. The van der Waals surface area contributed by atoms with Crippen molar-refractivity contribution in [2.75, 3.05) is 6.54 Å². The van der Waals surface area contributed by atoms with Crippen molar-refractivity contribution in [3.8, 4) is 0 Å². The van der Waals surface area contributed by atoms with Gasteiger partial charge in [0.2, 0.25) is 11.8 Å². The lowest BCUT2D eigenvalue weighted by Gasteiger charge is -2.33. The molecule has 2 fully saturated rings. The fourth-order valence-corrected chi connectivity index (χ4v) is 4.11. The topological polar surface area (TPSA) is 59.2 Å². The van der Waals surface area contributed by atoms with E-state index in [4.69, 9.17) is 4.52 Å². The highest BCUT2D eigenvalue weighted by atomic mass is 16.5. The lowest BCUT2D eigenvalue weighted by atomic mass is 9.98. The van der Waals surface area contributed by atoms with Gasteiger partial charge in [0.15, 0.2) is 5.82 Å². The lowest BCUT2D eigenvalue weighted by molar-refractivity contribution is -0.136. The van der Waals surface area contributed by atoms with E-state index < -0.39 is 0 Å². The van der Waals surface area contributed by atoms with Crippen LogP contribution in [0.4, 0.5) is 0 Å². The summed E-state index contributed by atoms with van der Waals surface area (Å²) in [7, 11) is 0. The van der Waals surface area contributed by atoms with E-state index >= 15 is 0 Å². The molecule has 0 spiro atoms. The van der Waals surface area contributed by atoms with Gasteiger partial charge in [0.05, 0.1) is 0 Å². The van der Waals surface area contributed by atoms with Crippen molar-refractivity contribution in [1.82, 2.24) is 15.0 Å². The number of aromatic nitrogens is 2. The van der Waals surface area contributed by atoms with Crippen LogP contribution < -0.4 is 0 Å². The minimum Gasteiger partial charge on any atom is -0.337 e. The number of hydrogen-bond donors (Lipinski definition) is 0. The standard InChI is InChI=1S/C19H31N3O2/c1-14(2)13-17-20-19(24-21-17)16-9-5-6-12-22(16)18(23)11-10-15-7-3-4-8-15/h14-16H,3-13H2,1-2H3/t16-/m1/s1. The molecule has 3 rings (SSSR count). The highest BCUT2D eigenvalue weighted by Crippen LogP contribution is 2.33. The van der Waals surface area contributed by atoms with E-state index in [1.165, 1.54) is 25.7 Å². The van der Waals surface area contributed by atoms with Crippen LogP contribution in [-0.2, 0) is 11.2 Å². The molecule has 1 aromatic heterocycles. The molecule has 0 N–H and O–H groups in total. The smallest absolute Gasteiger partial charge is 0.249 e. The number of nitrogens with zero attached hydrogens (tertiary/aromatic N) is 3. The summed E-state index contributed by atoms with van der Waals surface area (Å²) < 4.78 is 5.51. The van der Waals surface area contributed by atoms with Crippen molar-refractivity contribution >= 4 is 5.91 Å². The van der Waals surface area contributed by atoms with Crippen molar-refractivity contribution < 1.29 is 9.32 Å². The Morgan fingerprint density at radius 1 is 1.21 bits per heavy atom. The number of carbonyl (C=O) groups excluding carboxylic acids is 1. The maximum atomic E-state index is 12.8. The quantitative estimate of drug-likeness (QED) is 0.779. The van der Waals surface area contributed by atoms with Gasteiger partial charge in [-0.3, -0.25) is 4.79 Å². The van der Waals surface area contributed by atoms with E-state index in [1.54, 1.807) is 0 Å². The molecule has 1 aliphatic heterocycles. The second-order valence-electron chi connectivity index (χ2n) is 7.93. The SMILES string of the molecule is CC(C)Cc1noc([C@H]2CCCCN2C(=O)CCC2CCCC2)n1. The maximum absolute atomic E-state index is 12.8. The molecule has 5 heteroatoms. The summed E-state index contributed by atoms with van der Waals surface area (Å²) >= 11 is 0. The van der Waals surface area contributed by atoms with Crippen molar-refractivity contribution in [1.29, 1.82) is 0 Å². The zero-order valence-corrected chi connectivity index (χ0v) is 15.2. The van der Waals surface area contributed by atoms with Gasteiger partial charge in [0.1, 0.15) is 6.04 Å². The molecule has 134 valence electrons. The third-order valence-corrected chi connectivity index (χ3v) is 5.42. The Hall–Kier alpha value is -1.39. The van der Waals surface area contributed by atoms with Crippen LogP contribution in [0.1, 0.15) is 89.4 Å². The molecule has 5 nitrogen and oxygen atoms in total. The summed E-state index contributed by atoms with van der Waals surface area (Å²) in [4.78, 5) is 19.3. The predicted molar refractivity (Wildman–Crippen MR) is 92.3 cm³/mol. The van der Waals surface area contributed by atoms with Gasteiger partial charge < -0.3 is 9.42 Å². The molecule has 0 aromatic carbocycles. The van der Waals surface area contributed by atoms with Crippen LogP contribution in [0, 0.1) is 11.8 Å². The molecule has 1 aliphatic carbocycles. The van der Waals surface area contributed by atoms with Crippen LogP contribution in [0.25, 0.3) is 0 Å². The van der Waals surface area contributed by atoms with E-state index in [9.17, 15) is 4.79 Å². The highest BCUT2D eigenvalue weighted by Gasteiger charge is 2.32. The zero-order valence-electron chi connectivity index (χ0n) is 15.2. The highest BCUT2D eigenvalue weighted by molar-refractivity contribution is 5.76. The van der Waals surface area contributed by atoms with E-state index in [0.717, 1.165) is 50.4 Å². The molecule has 1 amide bonds. The van der Waals surface area contributed by atoms with Gasteiger partial charge in [-0.2, -0.15) is 4.98 Å². The fraction of sp³-hybridized carbons (Fsp3) is 0.842. The lowest BCUT2D eigenvalue weighted by Crippen LogP contribution is -2.38. The molecule has 2 heterocycles. The minimum atomic E-state index is -0.0109. The van der Waals surface area contributed by atoms with E-state index in [0.29, 0.717) is 18.2 Å². The van der Waals surface area contributed by atoms with Crippen molar-refractivity contribution in [2.45, 2.75) is 84.1 Å². The molecular weight excluding hydrogens is 302 g/mol. The minimum absolute atomic E-state index is 0.0109. The molecule has 1 atom stereocenters. The molecule has 0 bridgehead atoms. The summed E-state index contributed by atoms with van der Waals surface area (Å²) in [5, 5.41) is 4.11. The van der Waals surface area contributed by atoms with Crippen LogP contribution >= 0.6 is 0 Å². The van der Waals surface area contributed by atoms with Crippen LogP contribution in [0.2, 0.25) is 0 Å². The molecule has 0 radical (unpaired) electrons. The fourth-order valence-electron chi connectivity index (χ4n) is 4.11. The molecule has 24 heavy (non-hydrogen) atoms. The van der Waals surface area contributed by atoms with Crippen molar-refractivity contribution in [3.05, 3.63) is 11.7 Å². The Balaban J connectivity index is 1.61. The predicted octanol–water partition coefficient (Wildman–Crippen LogP) is 4.29. The Kier molecular flexibility index (Phi) is 5.90. The second kappa shape index (κ2) is 8.13. The Morgan fingerprint density at radius 2 is 1.96 bits per heavy atom. The largest absolute Gasteiger partial charge is 0.337 e. The van der Waals surface area contributed by atoms with Crippen LogP contribution in [-0.4, -0.2) is 27.5 Å². The summed E-state index contributed by atoms with van der Waals surface area (Å²) in [6, 6.07) is -0.0109. The number of carbonyl (C=O) groups is 1. The van der Waals surface area contributed by atoms with Crippen LogP contribution in [0.3, 0.4) is 0 Å². The molecule has 1 saturated carbocycles. The Morgan fingerprint density at radius 3 is 2.71 bits per heavy atom. The van der Waals surface area contributed by atoms with Gasteiger partial charge in [-0.05, 0) is 37.5 Å². The summed E-state index contributed by atoms with van der Waals surface area (Å²) in [5.41, 5.74) is 0. The maximum Gasteiger partial charge on any atom is 0.249 e. The first-order valence-corrected chi connectivity index (χ1v) is 9.75. The average Bonchev–Trinajstić information content (AvgIpc) is 3.24. The van der Waals surface area contributed by atoms with Crippen molar-refractivity contribution in [2.24, 2.45) is 11.8 Å². The molecule has 1 aromatic rings. The van der Waals surface area contributed by atoms with Gasteiger partial charge in [0.25, 0.3) is 0 Å². The first-order chi connectivity index (χ1) is 11.6. The normalized spacial score (nSPS) is 22.5. The Labute approximate surface area is 145 Å². The van der Waals surface area contributed by atoms with Gasteiger partial charge in [-0.1, -0.05) is 44.7 Å². The third-order valence-electron chi connectivity index (χ3n) is 5.42.